The summed E-state index contributed by atoms with van der Waals surface area (Å²) in [5.74, 6) is -0.391. The first-order chi connectivity index (χ1) is 17.0. The normalized spacial score (nSPS) is 10.6. The number of hydrogen-bond acceptors (Lipinski definition) is 7. The number of aromatic nitrogens is 2. The van der Waals surface area contributed by atoms with Crippen LogP contribution < -0.4 is 20.3 Å². The number of carbonyl (C=O) groups excluding carboxylic acids is 2. The number of rotatable bonds is 8. The Morgan fingerprint density at radius 2 is 1.51 bits per heavy atom. The van der Waals surface area contributed by atoms with Crippen molar-refractivity contribution in [3.8, 4) is 11.5 Å². The molecule has 1 heterocycles. The molecule has 35 heavy (non-hydrogen) atoms. The van der Waals surface area contributed by atoms with Crippen LogP contribution in [0.25, 0.3) is 10.8 Å². The van der Waals surface area contributed by atoms with Crippen molar-refractivity contribution in [2.75, 3.05) is 26.1 Å². The Labute approximate surface area is 200 Å². The predicted octanol–water partition coefficient (Wildman–Crippen LogP) is 3.26. The van der Waals surface area contributed by atoms with Gasteiger partial charge in [-0.05, 0) is 11.6 Å². The van der Waals surface area contributed by atoms with Gasteiger partial charge in [0.05, 0.1) is 26.2 Å². The molecule has 9 nitrogen and oxygen atoms in total. The minimum atomic E-state index is -0.818. The molecule has 0 aliphatic rings. The second kappa shape index (κ2) is 10.5. The Hall–Kier alpha value is -4.66. The van der Waals surface area contributed by atoms with Crippen LogP contribution in [0, 0.1) is 0 Å². The Bertz CT molecular complexity index is 1410. The molecule has 1 aromatic heterocycles. The van der Waals surface area contributed by atoms with E-state index in [1.807, 2.05) is 30.3 Å². The van der Waals surface area contributed by atoms with Crippen LogP contribution >= 0.6 is 0 Å². The van der Waals surface area contributed by atoms with E-state index in [2.05, 4.69) is 10.4 Å². The molecule has 0 saturated carbocycles. The second-order valence-electron chi connectivity index (χ2n) is 7.57. The van der Waals surface area contributed by atoms with Gasteiger partial charge in [0.2, 0.25) is 0 Å². The van der Waals surface area contributed by atoms with Crippen LogP contribution in [0.3, 0.4) is 0 Å². The van der Waals surface area contributed by atoms with Crippen molar-refractivity contribution in [2.45, 2.75) is 6.54 Å². The highest BCUT2D eigenvalue weighted by molar-refractivity contribution is 6.03. The maximum Gasteiger partial charge on any atom is 0.359 e. The van der Waals surface area contributed by atoms with Gasteiger partial charge >= 0.3 is 5.97 Å². The van der Waals surface area contributed by atoms with Gasteiger partial charge in [-0.1, -0.05) is 48.5 Å². The van der Waals surface area contributed by atoms with E-state index in [4.69, 9.17) is 14.2 Å². The van der Waals surface area contributed by atoms with Gasteiger partial charge in [0.1, 0.15) is 11.5 Å². The zero-order valence-electron chi connectivity index (χ0n) is 19.2. The number of nitrogens with one attached hydrogen (secondary N) is 1. The van der Waals surface area contributed by atoms with Crippen molar-refractivity contribution in [1.29, 1.82) is 0 Å². The number of amides is 1. The van der Waals surface area contributed by atoms with Gasteiger partial charge in [0, 0.05) is 29.3 Å². The number of ether oxygens (including phenoxy) is 3. The first-order valence-corrected chi connectivity index (χ1v) is 10.7. The summed E-state index contributed by atoms with van der Waals surface area (Å²) >= 11 is 0. The smallest absolute Gasteiger partial charge is 0.359 e. The summed E-state index contributed by atoms with van der Waals surface area (Å²) in [5.41, 5.74) is 0.893. The van der Waals surface area contributed by atoms with Gasteiger partial charge in [0.25, 0.3) is 11.5 Å². The van der Waals surface area contributed by atoms with E-state index >= 15 is 0 Å². The van der Waals surface area contributed by atoms with Crippen LogP contribution in [0.1, 0.15) is 16.1 Å². The second-order valence-corrected chi connectivity index (χ2v) is 7.57. The van der Waals surface area contributed by atoms with E-state index in [0.29, 0.717) is 28.0 Å². The van der Waals surface area contributed by atoms with Crippen LogP contribution in [-0.4, -0.2) is 42.5 Å². The fourth-order valence-electron chi connectivity index (χ4n) is 3.53. The molecule has 4 rings (SSSR count). The molecule has 9 heteroatoms. The minimum absolute atomic E-state index is 0.0491. The fourth-order valence-corrected chi connectivity index (χ4v) is 3.53. The number of esters is 1. The molecule has 1 N–H and O–H groups in total. The summed E-state index contributed by atoms with van der Waals surface area (Å²) in [6, 6.07) is 20.8. The van der Waals surface area contributed by atoms with Crippen molar-refractivity contribution >= 4 is 28.3 Å². The van der Waals surface area contributed by atoms with Crippen LogP contribution in [-0.2, 0) is 16.1 Å². The number of anilines is 1. The lowest BCUT2D eigenvalue weighted by Crippen LogP contribution is -2.28. The first kappa shape index (κ1) is 23.5. The maximum absolute atomic E-state index is 12.9. The van der Waals surface area contributed by atoms with Gasteiger partial charge in [-0.25, -0.2) is 9.48 Å². The van der Waals surface area contributed by atoms with Crippen molar-refractivity contribution in [1.82, 2.24) is 9.78 Å². The van der Waals surface area contributed by atoms with E-state index in [1.54, 1.807) is 42.5 Å². The molecular formula is C26H23N3O6. The highest BCUT2D eigenvalue weighted by Gasteiger charge is 2.19. The molecule has 0 unspecified atom stereocenters. The van der Waals surface area contributed by atoms with E-state index in [0.717, 1.165) is 5.56 Å². The van der Waals surface area contributed by atoms with Crippen molar-refractivity contribution < 1.29 is 23.8 Å². The average molecular weight is 473 g/mol. The zero-order valence-corrected chi connectivity index (χ0v) is 19.2. The maximum atomic E-state index is 12.9. The third-order valence-corrected chi connectivity index (χ3v) is 5.21. The summed E-state index contributed by atoms with van der Waals surface area (Å²) in [6.07, 6.45) is 0. The third-order valence-electron chi connectivity index (χ3n) is 5.21. The zero-order chi connectivity index (χ0) is 24.8. The van der Waals surface area contributed by atoms with E-state index in [9.17, 15) is 14.4 Å². The number of nitrogens with zero attached hydrogens (tertiary/aromatic N) is 2. The molecule has 0 atom stereocenters. The third kappa shape index (κ3) is 5.47. The fraction of sp³-hybridized carbons (Fsp3) is 0.154. The predicted molar refractivity (Wildman–Crippen MR) is 130 cm³/mol. The van der Waals surface area contributed by atoms with Gasteiger partial charge in [-0.15, -0.1) is 0 Å². The molecule has 1 amide bonds. The Balaban J connectivity index is 1.54. The van der Waals surface area contributed by atoms with Crippen molar-refractivity contribution in [2.24, 2.45) is 0 Å². The Morgan fingerprint density at radius 1 is 0.886 bits per heavy atom. The summed E-state index contributed by atoms with van der Waals surface area (Å²) in [6.45, 7) is -0.366. The van der Waals surface area contributed by atoms with Crippen LogP contribution in [0.5, 0.6) is 11.5 Å². The largest absolute Gasteiger partial charge is 0.497 e. The highest BCUT2D eigenvalue weighted by atomic mass is 16.5. The molecule has 0 bridgehead atoms. The molecule has 0 radical (unpaired) electrons. The number of carbonyl (C=O) groups is 2. The van der Waals surface area contributed by atoms with E-state index in [-0.39, 0.29) is 17.8 Å². The lowest BCUT2D eigenvalue weighted by Gasteiger charge is -2.12. The molecule has 178 valence electrons. The quantitative estimate of drug-likeness (QED) is 0.391. The molecule has 3 aromatic carbocycles. The van der Waals surface area contributed by atoms with Gasteiger partial charge in [0.15, 0.2) is 12.3 Å². The summed E-state index contributed by atoms with van der Waals surface area (Å²) in [4.78, 5) is 38.3. The molecule has 0 fully saturated rings. The van der Waals surface area contributed by atoms with E-state index in [1.165, 1.54) is 18.9 Å². The lowest BCUT2D eigenvalue weighted by molar-refractivity contribution is -0.119. The summed E-state index contributed by atoms with van der Waals surface area (Å²) in [7, 11) is 2.99. The minimum Gasteiger partial charge on any atom is -0.497 e. The molecule has 4 aromatic rings. The van der Waals surface area contributed by atoms with Gasteiger partial charge in [-0.2, -0.15) is 5.10 Å². The molecule has 0 saturated heterocycles. The van der Waals surface area contributed by atoms with Crippen LogP contribution in [0.2, 0.25) is 0 Å². The molecule has 0 aliphatic carbocycles. The lowest BCUT2D eigenvalue weighted by atomic mass is 10.1. The SMILES string of the molecule is COc1cc(NC(=O)COC(=O)c2nn(Cc3ccccc3)c(=O)c3ccccc23)cc(OC)c1. The molecule has 0 spiro atoms. The molecular weight excluding hydrogens is 450 g/mol. The standard InChI is InChI=1S/C26H23N3O6/c1-33-19-12-18(13-20(14-19)34-2)27-23(30)16-35-26(32)24-21-10-6-7-11-22(21)25(31)29(28-24)15-17-8-4-3-5-9-17/h3-14H,15-16H2,1-2H3,(H,27,30). The van der Waals surface area contributed by atoms with Crippen molar-refractivity contribution in [3.63, 3.8) is 0 Å². The highest BCUT2D eigenvalue weighted by Crippen LogP contribution is 2.25. The van der Waals surface area contributed by atoms with E-state index < -0.39 is 18.5 Å². The van der Waals surface area contributed by atoms with Gasteiger partial charge in [-0.3, -0.25) is 9.59 Å². The Morgan fingerprint density at radius 3 is 2.17 bits per heavy atom. The molecule has 0 aliphatic heterocycles. The number of benzene rings is 3. The van der Waals surface area contributed by atoms with Gasteiger partial charge < -0.3 is 19.5 Å². The van der Waals surface area contributed by atoms with Crippen LogP contribution in [0.4, 0.5) is 5.69 Å². The summed E-state index contributed by atoms with van der Waals surface area (Å²) < 4.78 is 16.8. The van der Waals surface area contributed by atoms with Crippen LogP contribution in [0.15, 0.2) is 77.6 Å². The number of methoxy groups -OCH3 is 2. The Kier molecular flexibility index (Phi) is 7.06. The number of fused-ring (bicyclic) bond motifs is 1. The topological polar surface area (TPSA) is 109 Å². The first-order valence-electron chi connectivity index (χ1n) is 10.7. The average Bonchev–Trinajstić information content (AvgIpc) is 2.89. The van der Waals surface area contributed by atoms with Crippen molar-refractivity contribution in [3.05, 3.63) is 94.4 Å². The number of hydrogen-bond donors (Lipinski definition) is 1. The summed E-state index contributed by atoms with van der Waals surface area (Å²) in [5, 5.41) is 7.59. The monoisotopic (exact) mass is 473 g/mol.